The van der Waals surface area contributed by atoms with E-state index in [2.05, 4.69) is 5.32 Å². The first-order valence-electron chi connectivity index (χ1n) is 11.6. The molecule has 0 radical (unpaired) electrons. The van der Waals surface area contributed by atoms with Crippen LogP contribution in [0.5, 0.6) is 23.0 Å². The van der Waals surface area contributed by atoms with Gasteiger partial charge in [0, 0.05) is 12.1 Å². The van der Waals surface area contributed by atoms with Gasteiger partial charge in [0.2, 0.25) is 0 Å². The van der Waals surface area contributed by atoms with Crippen molar-refractivity contribution in [1.29, 1.82) is 0 Å². The van der Waals surface area contributed by atoms with Crippen LogP contribution in [0.3, 0.4) is 0 Å². The van der Waals surface area contributed by atoms with E-state index in [4.69, 9.17) is 18.6 Å². The average Bonchev–Trinajstić information content (AvgIpc) is 3.41. The number of para-hydroxylation sites is 2. The SMILES string of the molecule is COc1ccccc1Oc1cc(NC(=O)c2ccc(COc3ccc4ccccc4c3)o2)cc([N+](=O)[O-])c1. The molecule has 1 N–H and O–H groups in total. The summed E-state index contributed by atoms with van der Waals surface area (Å²) >= 11 is 0. The molecular weight excluding hydrogens is 488 g/mol. The predicted molar refractivity (Wildman–Crippen MR) is 141 cm³/mol. The van der Waals surface area contributed by atoms with Crippen LogP contribution in [-0.2, 0) is 6.61 Å². The molecule has 190 valence electrons. The van der Waals surface area contributed by atoms with E-state index in [1.807, 2.05) is 42.5 Å². The zero-order chi connectivity index (χ0) is 26.5. The number of carbonyl (C=O) groups is 1. The second-order valence-corrected chi connectivity index (χ2v) is 8.24. The predicted octanol–water partition coefficient (Wildman–Crippen LogP) is 6.97. The summed E-state index contributed by atoms with van der Waals surface area (Å²) in [5, 5.41) is 16.3. The van der Waals surface area contributed by atoms with E-state index >= 15 is 0 Å². The van der Waals surface area contributed by atoms with Crippen molar-refractivity contribution in [1.82, 2.24) is 0 Å². The van der Waals surface area contributed by atoms with Gasteiger partial charge >= 0.3 is 0 Å². The second kappa shape index (κ2) is 10.8. The number of ether oxygens (including phenoxy) is 3. The van der Waals surface area contributed by atoms with E-state index < -0.39 is 10.8 Å². The zero-order valence-corrected chi connectivity index (χ0v) is 20.2. The average molecular weight is 511 g/mol. The van der Waals surface area contributed by atoms with E-state index in [-0.39, 0.29) is 29.5 Å². The fourth-order valence-corrected chi connectivity index (χ4v) is 3.83. The Bertz CT molecular complexity index is 1630. The van der Waals surface area contributed by atoms with Crippen LogP contribution in [0.15, 0.2) is 101 Å². The van der Waals surface area contributed by atoms with Crippen LogP contribution < -0.4 is 19.5 Å². The van der Waals surface area contributed by atoms with E-state index in [0.717, 1.165) is 10.8 Å². The first-order chi connectivity index (χ1) is 18.5. The highest BCUT2D eigenvalue weighted by Gasteiger charge is 2.17. The largest absolute Gasteiger partial charge is 0.493 e. The van der Waals surface area contributed by atoms with Gasteiger partial charge < -0.3 is 23.9 Å². The van der Waals surface area contributed by atoms with Crippen LogP contribution in [0.2, 0.25) is 0 Å². The molecule has 4 aromatic carbocycles. The Morgan fingerprint density at radius 2 is 1.63 bits per heavy atom. The summed E-state index contributed by atoms with van der Waals surface area (Å²) in [4.78, 5) is 23.7. The third-order valence-corrected chi connectivity index (χ3v) is 5.64. The normalized spacial score (nSPS) is 10.7. The van der Waals surface area contributed by atoms with Crippen molar-refractivity contribution in [3.05, 3.63) is 119 Å². The number of nitro benzene ring substituents is 1. The topological polar surface area (TPSA) is 113 Å². The molecule has 0 saturated heterocycles. The Balaban J connectivity index is 1.28. The molecule has 9 heteroatoms. The first kappa shape index (κ1) is 24.4. The molecule has 0 atom stereocenters. The fourth-order valence-electron chi connectivity index (χ4n) is 3.83. The number of rotatable bonds is 9. The van der Waals surface area contributed by atoms with Gasteiger partial charge in [0.15, 0.2) is 17.3 Å². The molecule has 0 bridgehead atoms. The van der Waals surface area contributed by atoms with Gasteiger partial charge in [-0.05, 0) is 47.2 Å². The monoisotopic (exact) mass is 510 g/mol. The molecule has 1 heterocycles. The van der Waals surface area contributed by atoms with Crippen LogP contribution in [0.1, 0.15) is 16.3 Å². The van der Waals surface area contributed by atoms with Gasteiger partial charge in [0.25, 0.3) is 11.6 Å². The van der Waals surface area contributed by atoms with Crippen molar-refractivity contribution >= 4 is 28.1 Å². The Labute approximate surface area is 217 Å². The van der Waals surface area contributed by atoms with Crippen molar-refractivity contribution in [2.45, 2.75) is 6.61 Å². The summed E-state index contributed by atoms with van der Waals surface area (Å²) in [6.45, 7) is 0.124. The molecule has 0 saturated carbocycles. The van der Waals surface area contributed by atoms with Crippen LogP contribution in [0, 0.1) is 10.1 Å². The Morgan fingerprint density at radius 3 is 2.42 bits per heavy atom. The summed E-state index contributed by atoms with van der Waals surface area (Å²) in [6.07, 6.45) is 0. The maximum Gasteiger partial charge on any atom is 0.291 e. The number of nitrogens with zero attached hydrogens (tertiary/aromatic N) is 1. The van der Waals surface area contributed by atoms with E-state index in [9.17, 15) is 14.9 Å². The number of nitrogens with one attached hydrogen (secondary N) is 1. The standard InChI is InChI=1S/C29H22N2O7/c1-35-26-8-4-5-9-27(26)38-25-16-21(15-22(17-25)31(33)34)30-29(32)28-13-12-24(37-28)18-36-23-11-10-19-6-2-3-7-20(19)14-23/h2-17H,18H2,1H3,(H,30,32). The van der Waals surface area contributed by atoms with Gasteiger partial charge in [0.05, 0.1) is 23.8 Å². The molecule has 0 fully saturated rings. The van der Waals surface area contributed by atoms with Crippen LogP contribution in [-0.4, -0.2) is 17.9 Å². The highest BCUT2D eigenvalue weighted by Crippen LogP contribution is 2.34. The zero-order valence-electron chi connectivity index (χ0n) is 20.2. The first-order valence-corrected chi connectivity index (χ1v) is 11.6. The summed E-state index contributed by atoms with van der Waals surface area (Å²) in [6, 6.07) is 27.7. The molecule has 5 rings (SSSR count). The number of fused-ring (bicyclic) bond motifs is 1. The van der Waals surface area contributed by atoms with Crippen molar-refractivity contribution < 1.29 is 28.3 Å². The maximum absolute atomic E-state index is 12.8. The molecule has 0 aliphatic carbocycles. The molecule has 0 unspecified atom stereocenters. The third kappa shape index (κ3) is 5.57. The Kier molecular flexibility index (Phi) is 6.90. The molecule has 5 aromatic rings. The van der Waals surface area contributed by atoms with Crippen LogP contribution >= 0.6 is 0 Å². The van der Waals surface area contributed by atoms with E-state index in [1.165, 1.54) is 31.4 Å². The molecular formula is C29H22N2O7. The van der Waals surface area contributed by atoms with Crippen molar-refractivity contribution in [2.24, 2.45) is 0 Å². The van der Waals surface area contributed by atoms with Crippen molar-refractivity contribution in [3.63, 3.8) is 0 Å². The van der Waals surface area contributed by atoms with Crippen LogP contribution in [0.25, 0.3) is 10.8 Å². The third-order valence-electron chi connectivity index (χ3n) is 5.64. The number of furan rings is 1. The number of methoxy groups -OCH3 is 1. The summed E-state index contributed by atoms with van der Waals surface area (Å²) in [7, 11) is 1.49. The van der Waals surface area contributed by atoms with Gasteiger partial charge in [-0.25, -0.2) is 0 Å². The van der Waals surface area contributed by atoms with Crippen molar-refractivity contribution in [3.8, 4) is 23.0 Å². The maximum atomic E-state index is 12.8. The van der Waals surface area contributed by atoms with Gasteiger partial charge in [-0.3, -0.25) is 14.9 Å². The molecule has 0 aliphatic rings. The molecule has 1 amide bonds. The van der Waals surface area contributed by atoms with Gasteiger partial charge in [0.1, 0.15) is 23.9 Å². The van der Waals surface area contributed by atoms with E-state index in [1.54, 1.807) is 30.3 Å². The highest BCUT2D eigenvalue weighted by molar-refractivity contribution is 6.02. The lowest BCUT2D eigenvalue weighted by atomic mass is 10.1. The molecule has 38 heavy (non-hydrogen) atoms. The smallest absolute Gasteiger partial charge is 0.291 e. The summed E-state index contributed by atoms with van der Waals surface area (Å²) in [5.74, 6) is 1.55. The number of nitro groups is 1. The molecule has 0 spiro atoms. The molecule has 0 aliphatic heterocycles. The lowest BCUT2D eigenvalue weighted by molar-refractivity contribution is -0.384. The molecule has 1 aromatic heterocycles. The van der Waals surface area contributed by atoms with E-state index in [0.29, 0.717) is 23.0 Å². The second-order valence-electron chi connectivity index (χ2n) is 8.24. The summed E-state index contributed by atoms with van der Waals surface area (Å²) in [5.41, 5.74) is -0.0870. The quantitative estimate of drug-likeness (QED) is 0.168. The Morgan fingerprint density at radius 1 is 0.868 bits per heavy atom. The Hall–Kier alpha value is -5.31. The number of hydrogen-bond acceptors (Lipinski definition) is 7. The number of amides is 1. The highest BCUT2D eigenvalue weighted by atomic mass is 16.6. The fraction of sp³-hybridized carbons (Fsp3) is 0.0690. The van der Waals surface area contributed by atoms with Crippen molar-refractivity contribution in [2.75, 3.05) is 12.4 Å². The minimum atomic E-state index is -0.578. The number of non-ortho nitro benzene ring substituents is 1. The number of benzene rings is 4. The number of carbonyl (C=O) groups excluding carboxylic acids is 1. The number of anilines is 1. The van der Waals surface area contributed by atoms with Crippen LogP contribution in [0.4, 0.5) is 11.4 Å². The van der Waals surface area contributed by atoms with Gasteiger partial charge in [-0.2, -0.15) is 0 Å². The lowest BCUT2D eigenvalue weighted by Crippen LogP contribution is -2.11. The lowest BCUT2D eigenvalue weighted by Gasteiger charge is -2.11. The van der Waals surface area contributed by atoms with Gasteiger partial charge in [-0.15, -0.1) is 0 Å². The summed E-state index contributed by atoms with van der Waals surface area (Å²) < 4.78 is 22.5. The minimum absolute atomic E-state index is 0.0285. The number of hydrogen-bond donors (Lipinski definition) is 1. The minimum Gasteiger partial charge on any atom is -0.493 e. The van der Waals surface area contributed by atoms with Gasteiger partial charge in [-0.1, -0.05) is 42.5 Å². The molecule has 9 nitrogen and oxygen atoms in total.